The van der Waals surface area contributed by atoms with Crippen molar-refractivity contribution in [3.63, 3.8) is 0 Å². The molecule has 0 atom stereocenters. The number of hydrogen-bond acceptors (Lipinski definition) is 3. The summed E-state index contributed by atoms with van der Waals surface area (Å²) in [6, 6.07) is 49.9. The maximum atomic E-state index is 5.14. The summed E-state index contributed by atoms with van der Waals surface area (Å²) in [6.07, 6.45) is 3.62. The zero-order valence-corrected chi connectivity index (χ0v) is 26.3. The van der Waals surface area contributed by atoms with Gasteiger partial charge in [0.05, 0.1) is 11.4 Å². The van der Waals surface area contributed by atoms with Gasteiger partial charge in [0, 0.05) is 34.5 Å². The van der Waals surface area contributed by atoms with E-state index in [0.29, 0.717) is 5.82 Å². The summed E-state index contributed by atoms with van der Waals surface area (Å²) in [6.45, 7) is 4.72. The van der Waals surface area contributed by atoms with E-state index in [1.54, 1.807) is 0 Å². The van der Waals surface area contributed by atoms with Crippen molar-refractivity contribution in [1.82, 2.24) is 15.0 Å². The largest absolute Gasteiger partial charge is 0.265 e. The fraction of sp³-hybridized carbons (Fsp3) is 0.0682. The molecule has 2 aromatic heterocycles. The molecule has 6 aromatic carbocycles. The smallest absolute Gasteiger partial charge is 0.160 e. The van der Waals surface area contributed by atoms with E-state index in [1.165, 1.54) is 49.5 Å². The van der Waals surface area contributed by atoms with Crippen LogP contribution in [0.4, 0.5) is 0 Å². The third-order valence-corrected chi connectivity index (χ3v) is 9.79. The summed E-state index contributed by atoms with van der Waals surface area (Å²) in [4.78, 5) is 14.3. The average Bonchev–Trinajstić information content (AvgIpc) is 3.35. The molecule has 1 aliphatic carbocycles. The molecule has 8 aromatic rings. The van der Waals surface area contributed by atoms with Gasteiger partial charge in [-0.25, -0.2) is 9.97 Å². The lowest BCUT2D eigenvalue weighted by Gasteiger charge is -2.22. The first-order valence-electron chi connectivity index (χ1n) is 16.1. The lowest BCUT2D eigenvalue weighted by atomic mass is 9.81. The molecule has 1 aliphatic rings. The van der Waals surface area contributed by atoms with Gasteiger partial charge in [0.15, 0.2) is 5.82 Å². The van der Waals surface area contributed by atoms with Gasteiger partial charge in [-0.2, -0.15) is 0 Å². The normalized spacial score (nSPS) is 13.1. The molecule has 3 heteroatoms. The highest BCUT2D eigenvalue weighted by Gasteiger charge is 2.36. The molecule has 0 fully saturated rings. The summed E-state index contributed by atoms with van der Waals surface area (Å²) in [5.41, 5.74) is 12.6. The quantitative estimate of drug-likeness (QED) is 0.201. The Bertz CT molecular complexity index is 2420. The van der Waals surface area contributed by atoms with Gasteiger partial charge in [-0.15, -0.1) is 0 Å². The number of nitrogens with zero attached hydrogens (tertiary/aromatic N) is 3. The minimum atomic E-state index is -0.0986. The van der Waals surface area contributed by atoms with Gasteiger partial charge in [-0.1, -0.05) is 117 Å². The number of pyridine rings is 1. The number of aromatic nitrogens is 3. The van der Waals surface area contributed by atoms with Crippen molar-refractivity contribution in [2.24, 2.45) is 0 Å². The van der Waals surface area contributed by atoms with E-state index in [9.17, 15) is 0 Å². The van der Waals surface area contributed by atoms with E-state index in [4.69, 9.17) is 9.97 Å². The van der Waals surface area contributed by atoms with Gasteiger partial charge in [-0.3, -0.25) is 4.98 Å². The molecule has 222 valence electrons. The minimum Gasteiger partial charge on any atom is -0.265 e. The van der Waals surface area contributed by atoms with E-state index in [0.717, 1.165) is 33.5 Å². The van der Waals surface area contributed by atoms with Crippen LogP contribution in [0.1, 0.15) is 25.0 Å². The Kier molecular flexibility index (Phi) is 6.16. The fourth-order valence-corrected chi connectivity index (χ4v) is 7.34. The average molecular weight is 602 g/mol. The molecule has 9 rings (SSSR count). The van der Waals surface area contributed by atoms with Crippen LogP contribution < -0.4 is 0 Å². The van der Waals surface area contributed by atoms with Gasteiger partial charge in [-0.05, 0) is 91.3 Å². The predicted molar refractivity (Wildman–Crippen MR) is 194 cm³/mol. The Morgan fingerprint density at radius 2 is 1.04 bits per heavy atom. The van der Waals surface area contributed by atoms with Crippen LogP contribution in [-0.4, -0.2) is 15.0 Å². The summed E-state index contributed by atoms with van der Waals surface area (Å²) in [5, 5.41) is 4.95. The van der Waals surface area contributed by atoms with Crippen LogP contribution in [0.2, 0.25) is 0 Å². The summed E-state index contributed by atoms with van der Waals surface area (Å²) in [7, 11) is 0. The highest BCUT2D eigenvalue weighted by atomic mass is 14.9. The first kappa shape index (κ1) is 27.4. The van der Waals surface area contributed by atoms with E-state index in [1.807, 2.05) is 42.7 Å². The van der Waals surface area contributed by atoms with Crippen molar-refractivity contribution >= 4 is 21.5 Å². The summed E-state index contributed by atoms with van der Waals surface area (Å²) >= 11 is 0. The van der Waals surface area contributed by atoms with Crippen LogP contribution in [0.3, 0.4) is 0 Å². The first-order chi connectivity index (χ1) is 23.0. The molecule has 0 saturated carbocycles. The molecule has 0 unspecified atom stereocenters. The molecular formula is C44H31N3. The Morgan fingerprint density at radius 1 is 0.426 bits per heavy atom. The van der Waals surface area contributed by atoms with E-state index >= 15 is 0 Å². The van der Waals surface area contributed by atoms with Crippen LogP contribution in [0, 0.1) is 0 Å². The molecule has 0 amide bonds. The lowest BCUT2D eigenvalue weighted by molar-refractivity contribution is 0.661. The number of fused-ring (bicyclic) bond motifs is 5. The Hall–Kier alpha value is -5.93. The maximum Gasteiger partial charge on any atom is 0.160 e. The van der Waals surface area contributed by atoms with Gasteiger partial charge in [0.25, 0.3) is 0 Å². The molecule has 2 heterocycles. The third kappa shape index (κ3) is 4.46. The fourth-order valence-electron chi connectivity index (χ4n) is 7.34. The third-order valence-electron chi connectivity index (χ3n) is 9.79. The maximum absolute atomic E-state index is 5.14. The topological polar surface area (TPSA) is 38.7 Å². The van der Waals surface area contributed by atoms with Crippen molar-refractivity contribution in [3.8, 4) is 56.2 Å². The van der Waals surface area contributed by atoms with Crippen LogP contribution in [-0.2, 0) is 5.41 Å². The SMILES string of the molecule is CC1(C)c2cc(-c3ccc(-c4cc(-c5ccncc5)nc(-c5ccccc5)n4)c4ccccc34)ccc2-c2cc3ccccc3cc21. The van der Waals surface area contributed by atoms with Crippen LogP contribution >= 0.6 is 0 Å². The number of hydrogen-bond donors (Lipinski definition) is 0. The van der Waals surface area contributed by atoms with Crippen molar-refractivity contribution in [2.45, 2.75) is 19.3 Å². The second-order valence-electron chi connectivity index (χ2n) is 12.9. The second-order valence-corrected chi connectivity index (χ2v) is 12.9. The zero-order valence-electron chi connectivity index (χ0n) is 26.3. The molecule has 0 bridgehead atoms. The standard InChI is InChI=1S/C44H31N3/c1-44(2)39-26-32(16-17-36(39)38-24-30-12-6-7-13-31(30)25-40(38)44)33-18-19-37(35-15-9-8-14-34(33)35)42-27-41(28-20-22-45-23-21-28)46-43(47-42)29-10-4-3-5-11-29/h3-27H,1-2H3. The van der Waals surface area contributed by atoms with Crippen LogP contribution in [0.5, 0.6) is 0 Å². The lowest BCUT2D eigenvalue weighted by Crippen LogP contribution is -2.15. The first-order valence-corrected chi connectivity index (χ1v) is 16.1. The Morgan fingerprint density at radius 3 is 1.83 bits per heavy atom. The van der Waals surface area contributed by atoms with Crippen molar-refractivity contribution < 1.29 is 0 Å². The van der Waals surface area contributed by atoms with Crippen LogP contribution in [0.25, 0.3) is 77.7 Å². The van der Waals surface area contributed by atoms with Crippen molar-refractivity contribution in [3.05, 3.63) is 163 Å². The molecule has 0 saturated heterocycles. The molecule has 47 heavy (non-hydrogen) atoms. The zero-order chi connectivity index (χ0) is 31.5. The second kappa shape index (κ2) is 10.6. The molecular weight excluding hydrogens is 571 g/mol. The van der Waals surface area contributed by atoms with Gasteiger partial charge < -0.3 is 0 Å². The van der Waals surface area contributed by atoms with Gasteiger partial charge in [0.2, 0.25) is 0 Å². The predicted octanol–water partition coefficient (Wildman–Crippen LogP) is 11.2. The number of benzene rings is 6. The van der Waals surface area contributed by atoms with Crippen molar-refractivity contribution in [1.29, 1.82) is 0 Å². The van der Waals surface area contributed by atoms with Crippen molar-refractivity contribution in [2.75, 3.05) is 0 Å². The molecule has 0 radical (unpaired) electrons. The van der Waals surface area contributed by atoms with Crippen LogP contribution in [0.15, 0.2) is 152 Å². The summed E-state index contributed by atoms with van der Waals surface area (Å²) < 4.78 is 0. The van der Waals surface area contributed by atoms with E-state index < -0.39 is 0 Å². The molecule has 0 spiro atoms. The van der Waals surface area contributed by atoms with Gasteiger partial charge in [0.1, 0.15) is 0 Å². The van der Waals surface area contributed by atoms with E-state index in [2.05, 4.69) is 128 Å². The van der Waals surface area contributed by atoms with E-state index in [-0.39, 0.29) is 5.41 Å². The summed E-state index contributed by atoms with van der Waals surface area (Å²) in [5.74, 6) is 0.705. The molecule has 0 N–H and O–H groups in total. The molecule has 3 nitrogen and oxygen atoms in total. The Labute approximate surface area is 274 Å². The minimum absolute atomic E-state index is 0.0986. The molecule has 0 aliphatic heterocycles. The van der Waals surface area contributed by atoms with Gasteiger partial charge >= 0.3 is 0 Å². The highest BCUT2D eigenvalue weighted by Crippen LogP contribution is 2.51. The highest BCUT2D eigenvalue weighted by molar-refractivity contribution is 6.05. The number of rotatable bonds is 4. The Balaban J connectivity index is 1.20. The monoisotopic (exact) mass is 601 g/mol.